The fourth-order valence-electron chi connectivity index (χ4n) is 3.29. The highest BCUT2D eigenvalue weighted by atomic mass is 19.4. The average molecular weight is 460 g/mol. The van der Waals surface area contributed by atoms with Gasteiger partial charge in [-0.2, -0.15) is 13.2 Å². The molecule has 7 nitrogen and oxygen atoms in total. The molecular formula is C22H32F3N3O4. The van der Waals surface area contributed by atoms with E-state index in [9.17, 15) is 22.8 Å². The molecule has 1 aliphatic heterocycles. The number of esters is 1. The van der Waals surface area contributed by atoms with E-state index in [1.165, 1.54) is 19.2 Å². The smallest absolute Gasteiger partial charge is 0.456 e. The largest absolute Gasteiger partial charge is 0.471 e. The molecule has 0 unspecified atom stereocenters. The highest BCUT2D eigenvalue weighted by Crippen LogP contribution is 2.32. The number of amides is 1. The molecule has 1 aromatic carbocycles. The van der Waals surface area contributed by atoms with Gasteiger partial charge in [-0.05, 0) is 52.9 Å². The topological polar surface area (TPSA) is 62.3 Å². The normalized spacial score (nSPS) is 16.6. The lowest BCUT2D eigenvalue weighted by molar-refractivity contribution is -0.170. The molecule has 2 rings (SSSR count). The number of nitrogens with zero attached hydrogens (tertiary/aromatic N) is 3. The van der Waals surface area contributed by atoms with E-state index in [1.54, 1.807) is 33.8 Å². The Labute approximate surface area is 187 Å². The molecule has 1 saturated heterocycles. The van der Waals surface area contributed by atoms with Gasteiger partial charge in [-0.15, -0.1) is 0 Å². The molecule has 1 heterocycles. The second kappa shape index (κ2) is 10.1. The minimum Gasteiger partial charge on any atom is -0.456 e. The van der Waals surface area contributed by atoms with E-state index in [0.717, 1.165) is 13.1 Å². The number of piperazine rings is 1. The summed E-state index contributed by atoms with van der Waals surface area (Å²) in [5.41, 5.74) is -0.491. The molecule has 180 valence electrons. The third-order valence-electron chi connectivity index (χ3n) is 5.09. The summed E-state index contributed by atoms with van der Waals surface area (Å²) in [6.45, 7) is 9.07. The Morgan fingerprint density at radius 2 is 1.72 bits per heavy atom. The molecule has 0 bridgehead atoms. The van der Waals surface area contributed by atoms with Crippen LogP contribution in [0.2, 0.25) is 0 Å². The van der Waals surface area contributed by atoms with Gasteiger partial charge in [-0.3, -0.25) is 4.79 Å². The van der Waals surface area contributed by atoms with Crippen molar-refractivity contribution in [2.45, 2.75) is 45.6 Å². The van der Waals surface area contributed by atoms with Gasteiger partial charge in [0, 0.05) is 39.0 Å². The second-order valence-corrected chi connectivity index (χ2v) is 8.95. The standard InChI is InChI=1S/C22H32F3N3O4/c1-15(31-6)14-28(20(30)22(23,24)25)18-13-16(27-11-9-26(5)10-12-27)7-8-17(18)19(29)32-21(2,3)4/h7-8,13,15H,9-12,14H2,1-6H3/t15-/m0/s1. The minimum absolute atomic E-state index is 0.112. The number of hydrogen-bond acceptors (Lipinski definition) is 6. The lowest BCUT2D eigenvalue weighted by Crippen LogP contribution is -2.46. The lowest BCUT2D eigenvalue weighted by Gasteiger charge is -2.35. The summed E-state index contributed by atoms with van der Waals surface area (Å²) in [5, 5.41) is 0. The Balaban J connectivity index is 2.58. The zero-order valence-electron chi connectivity index (χ0n) is 19.5. The molecule has 1 fully saturated rings. The van der Waals surface area contributed by atoms with Crippen molar-refractivity contribution in [3.05, 3.63) is 23.8 Å². The molecule has 0 saturated carbocycles. The van der Waals surface area contributed by atoms with E-state index in [2.05, 4.69) is 4.90 Å². The van der Waals surface area contributed by atoms with Gasteiger partial charge >= 0.3 is 18.1 Å². The molecule has 0 aromatic heterocycles. The predicted molar refractivity (Wildman–Crippen MR) is 116 cm³/mol. The molecule has 32 heavy (non-hydrogen) atoms. The van der Waals surface area contributed by atoms with Crippen molar-refractivity contribution < 1.29 is 32.2 Å². The third-order valence-corrected chi connectivity index (χ3v) is 5.09. The number of likely N-dealkylation sites (N-methyl/N-ethyl adjacent to an activating group) is 1. The van der Waals surface area contributed by atoms with Crippen LogP contribution < -0.4 is 9.80 Å². The Hall–Kier alpha value is -2.33. The van der Waals surface area contributed by atoms with Crippen molar-refractivity contribution in [2.24, 2.45) is 0 Å². The van der Waals surface area contributed by atoms with Gasteiger partial charge in [0.1, 0.15) is 5.60 Å². The Bertz CT molecular complexity index is 816. The summed E-state index contributed by atoms with van der Waals surface area (Å²) in [6, 6.07) is 4.55. The first kappa shape index (κ1) is 25.9. The molecule has 1 atom stereocenters. The first-order valence-corrected chi connectivity index (χ1v) is 10.5. The van der Waals surface area contributed by atoms with Crippen LogP contribution >= 0.6 is 0 Å². The lowest BCUT2D eigenvalue weighted by atomic mass is 10.1. The molecule has 1 amide bonds. The van der Waals surface area contributed by atoms with E-state index >= 15 is 0 Å². The van der Waals surface area contributed by atoms with Crippen LogP contribution in [0.25, 0.3) is 0 Å². The number of ether oxygens (including phenoxy) is 2. The van der Waals surface area contributed by atoms with E-state index < -0.39 is 29.8 Å². The summed E-state index contributed by atoms with van der Waals surface area (Å²) in [6.07, 6.45) is -5.82. The molecule has 0 aliphatic carbocycles. The highest BCUT2D eigenvalue weighted by molar-refractivity contribution is 6.05. The number of hydrogen-bond donors (Lipinski definition) is 0. The maximum atomic E-state index is 13.5. The summed E-state index contributed by atoms with van der Waals surface area (Å²) < 4.78 is 50.9. The SMILES string of the molecule is CO[C@@H](C)CN(C(=O)C(F)(F)F)c1cc(N2CCN(C)CC2)ccc1C(=O)OC(C)(C)C. The maximum Gasteiger partial charge on any atom is 0.471 e. The minimum atomic E-state index is -5.12. The van der Waals surface area contributed by atoms with Crippen LogP contribution in [0.3, 0.4) is 0 Å². The van der Waals surface area contributed by atoms with Crippen molar-refractivity contribution in [3.63, 3.8) is 0 Å². The van der Waals surface area contributed by atoms with E-state index in [-0.39, 0.29) is 17.8 Å². The summed E-state index contributed by atoms with van der Waals surface area (Å²) in [7, 11) is 3.33. The summed E-state index contributed by atoms with van der Waals surface area (Å²) in [4.78, 5) is 30.0. The number of carbonyl (C=O) groups is 2. The maximum absolute atomic E-state index is 13.5. The number of alkyl halides is 3. The fraction of sp³-hybridized carbons (Fsp3) is 0.636. The van der Waals surface area contributed by atoms with Crippen LogP contribution in [0.4, 0.5) is 24.5 Å². The van der Waals surface area contributed by atoms with Gasteiger partial charge in [0.25, 0.3) is 0 Å². The van der Waals surface area contributed by atoms with E-state index in [1.807, 2.05) is 11.9 Å². The number of carbonyl (C=O) groups excluding carboxylic acids is 2. The molecule has 0 spiro atoms. The fourth-order valence-corrected chi connectivity index (χ4v) is 3.29. The predicted octanol–water partition coefficient (Wildman–Crippen LogP) is 3.32. The second-order valence-electron chi connectivity index (χ2n) is 8.95. The molecule has 0 radical (unpaired) electrons. The third kappa shape index (κ3) is 6.83. The summed E-state index contributed by atoms with van der Waals surface area (Å²) >= 11 is 0. The van der Waals surface area contributed by atoms with Gasteiger partial charge in [-0.1, -0.05) is 0 Å². The number of halogens is 3. The Morgan fingerprint density at radius 3 is 2.22 bits per heavy atom. The van der Waals surface area contributed by atoms with Gasteiger partial charge in [-0.25, -0.2) is 4.79 Å². The van der Waals surface area contributed by atoms with Crippen LogP contribution in [0, 0.1) is 0 Å². The van der Waals surface area contributed by atoms with Crippen LogP contribution in [-0.4, -0.2) is 81.5 Å². The van der Waals surface area contributed by atoms with Crippen molar-refractivity contribution in [1.82, 2.24) is 4.90 Å². The van der Waals surface area contributed by atoms with Crippen LogP contribution in [-0.2, 0) is 14.3 Å². The zero-order chi connectivity index (χ0) is 24.3. The van der Waals surface area contributed by atoms with Gasteiger partial charge in [0.05, 0.1) is 23.9 Å². The molecule has 1 aromatic rings. The Morgan fingerprint density at radius 1 is 1.12 bits per heavy atom. The van der Waals surface area contributed by atoms with Gasteiger partial charge < -0.3 is 24.2 Å². The first-order valence-electron chi connectivity index (χ1n) is 10.5. The monoisotopic (exact) mass is 459 g/mol. The van der Waals surface area contributed by atoms with Crippen LogP contribution in [0.1, 0.15) is 38.1 Å². The number of methoxy groups -OCH3 is 1. The molecular weight excluding hydrogens is 427 g/mol. The van der Waals surface area contributed by atoms with E-state index in [4.69, 9.17) is 9.47 Å². The number of rotatable bonds is 6. The van der Waals surface area contributed by atoms with Crippen LogP contribution in [0.15, 0.2) is 18.2 Å². The van der Waals surface area contributed by atoms with Crippen LogP contribution in [0.5, 0.6) is 0 Å². The highest BCUT2D eigenvalue weighted by Gasteiger charge is 2.44. The van der Waals surface area contributed by atoms with Crippen molar-refractivity contribution in [2.75, 3.05) is 56.7 Å². The quantitative estimate of drug-likeness (QED) is 0.609. The van der Waals surface area contributed by atoms with Crippen molar-refractivity contribution in [3.8, 4) is 0 Å². The average Bonchev–Trinajstić information content (AvgIpc) is 2.69. The zero-order valence-corrected chi connectivity index (χ0v) is 19.5. The van der Waals surface area contributed by atoms with Gasteiger partial charge in [0.15, 0.2) is 0 Å². The van der Waals surface area contributed by atoms with Gasteiger partial charge in [0.2, 0.25) is 0 Å². The summed E-state index contributed by atoms with van der Waals surface area (Å²) in [5.74, 6) is -2.87. The number of anilines is 2. The first-order chi connectivity index (χ1) is 14.7. The van der Waals surface area contributed by atoms with Crippen molar-refractivity contribution in [1.29, 1.82) is 0 Å². The molecule has 0 N–H and O–H groups in total. The molecule has 10 heteroatoms. The molecule has 1 aliphatic rings. The Kier molecular flexibility index (Phi) is 8.17. The van der Waals surface area contributed by atoms with E-state index in [0.29, 0.717) is 23.7 Å². The van der Waals surface area contributed by atoms with Crippen molar-refractivity contribution >= 4 is 23.3 Å². The number of benzene rings is 1.